The third-order valence-corrected chi connectivity index (χ3v) is 3.27. The molecule has 1 aliphatic rings. The Morgan fingerprint density at radius 2 is 2.25 bits per heavy atom. The summed E-state index contributed by atoms with van der Waals surface area (Å²) in [5, 5.41) is 13.0. The molecule has 0 bridgehead atoms. The first-order chi connectivity index (χ1) is 5.77. The molecule has 0 atom stereocenters. The largest absolute Gasteiger partial charge is 0.389 e. The third-order valence-electron chi connectivity index (χ3n) is 2.37. The van der Waals surface area contributed by atoms with Gasteiger partial charge in [0.15, 0.2) is 0 Å². The lowest BCUT2D eigenvalue weighted by molar-refractivity contribution is -0.0307. The third kappa shape index (κ3) is 3.33. The minimum atomic E-state index is -0.350. The van der Waals surface area contributed by atoms with E-state index in [0.717, 1.165) is 31.7 Å². The molecule has 1 saturated carbocycles. The molecule has 0 aromatic rings. The summed E-state index contributed by atoms with van der Waals surface area (Å²) in [6.45, 7) is 3.99. The lowest BCUT2D eigenvalue weighted by Crippen LogP contribution is -2.46. The van der Waals surface area contributed by atoms with Gasteiger partial charge in [-0.3, -0.25) is 0 Å². The van der Waals surface area contributed by atoms with Crippen LogP contribution >= 0.6 is 11.8 Å². The van der Waals surface area contributed by atoms with E-state index in [1.54, 1.807) is 0 Å². The first kappa shape index (κ1) is 10.4. The highest BCUT2D eigenvalue weighted by molar-refractivity contribution is 7.99. The molecule has 0 radical (unpaired) electrons. The Bertz CT molecular complexity index is 126. The minimum absolute atomic E-state index is 0.350. The van der Waals surface area contributed by atoms with Crippen molar-refractivity contribution in [1.82, 2.24) is 5.32 Å². The fourth-order valence-corrected chi connectivity index (χ4v) is 1.95. The highest BCUT2D eigenvalue weighted by atomic mass is 32.2. The van der Waals surface area contributed by atoms with Crippen molar-refractivity contribution < 1.29 is 5.11 Å². The van der Waals surface area contributed by atoms with E-state index in [1.807, 2.05) is 11.8 Å². The summed E-state index contributed by atoms with van der Waals surface area (Å²) in [4.78, 5) is 0. The Morgan fingerprint density at radius 3 is 2.75 bits per heavy atom. The average molecular weight is 189 g/mol. The van der Waals surface area contributed by atoms with Crippen molar-refractivity contribution in [3.05, 3.63) is 0 Å². The molecule has 0 unspecified atom stereocenters. The van der Waals surface area contributed by atoms with Crippen LogP contribution in [-0.2, 0) is 0 Å². The standard InChI is InChI=1S/C9H19NOS/c1-2-12-7-6-10-8-9(11)4-3-5-9/h10-11H,2-8H2,1H3. The number of thioether (sulfide) groups is 1. The average Bonchev–Trinajstić information content (AvgIpc) is 2.01. The van der Waals surface area contributed by atoms with Crippen LogP contribution in [0.1, 0.15) is 26.2 Å². The molecule has 72 valence electrons. The van der Waals surface area contributed by atoms with E-state index in [1.165, 1.54) is 12.2 Å². The second-order valence-electron chi connectivity index (χ2n) is 3.45. The molecule has 0 aromatic carbocycles. The molecule has 1 rings (SSSR count). The van der Waals surface area contributed by atoms with Crippen molar-refractivity contribution >= 4 is 11.8 Å². The topological polar surface area (TPSA) is 32.3 Å². The summed E-state index contributed by atoms with van der Waals surface area (Å²) in [5.41, 5.74) is -0.350. The van der Waals surface area contributed by atoms with Crippen LogP contribution in [0.15, 0.2) is 0 Å². The summed E-state index contributed by atoms with van der Waals surface area (Å²) in [5.74, 6) is 2.35. The van der Waals surface area contributed by atoms with Gasteiger partial charge in [-0.1, -0.05) is 6.92 Å². The Balaban J connectivity index is 1.88. The van der Waals surface area contributed by atoms with E-state index in [0.29, 0.717) is 0 Å². The monoisotopic (exact) mass is 189 g/mol. The Morgan fingerprint density at radius 1 is 1.50 bits per heavy atom. The maximum Gasteiger partial charge on any atom is 0.0771 e. The quantitative estimate of drug-likeness (QED) is 0.617. The maximum absolute atomic E-state index is 9.70. The molecule has 0 saturated heterocycles. The Kier molecular flexibility index (Phi) is 4.40. The van der Waals surface area contributed by atoms with Crippen LogP contribution in [0.4, 0.5) is 0 Å². The Labute approximate surface area is 79.1 Å². The SMILES string of the molecule is CCSCCNCC1(O)CCC1. The van der Waals surface area contributed by atoms with E-state index >= 15 is 0 Å². The van der Waals surface area contributed by atoms with Gasteiger partial charge in [-0.25, -0.2) is 0 Å². The van der Waals surface area contributed by atoms with Crippen LogP contribution in [0, 0.1) is 0 Å². The predicted molar refractivity (Wildman–Crippen MR) is 54.7 cm³/mol. The van der Waals surface area contributed by atoms with Crippen LogP contribution in [0.2, 0.25) is 0 Å². The van der Waals surface area contributed by atoms with E-state index in [2.05, 4.69) is 12.2 Å². The van der Waals surface area contributed by atoms with Gasteiger partial charge >= 0.3 is 0 Å². The fraction of sp³-hybridized carbons (Fsp3) is 1.00. The summed E-state index contributed by atoms with van der Waals surface area (Å²) < 4.78 is 0. The zero-order chi connectivity index (χ0) is 8.86. The molecule has 0 aliphatic heterocycles. The molecule has 1 aliphatic carbocycles. The molecule has 3 heteroatoms. The normalized spacial score (nSPS) is 20.5. The van der Waals surface area contributed by atoms with Crippen LogP contribution in [0.25, 0.3) is 0 Å². The number of hydrogen-bond acceptors (Lipinski definition) is 3. The van der Waals surface area contributed by atoms with Gasteiger partial charge in [-0.05, 0) is 25.0 Å². The molecular formula is C9H19NOS. The number of aliphatic hydroxyl groups is 1. The highest BCUT2D eigenvalue weighted by Crippen LogP contribution is 2.30. The molecule has 1 fully saturated rings. The minimum Gasteiger partial charge on any atom is -0.389 e. The summed E-state index contributed by atoms with van der Waals surface area (Å²) >= 11 is 1.94. The van der Waals surface area contributed by atoms with Gasteiger partial charge in [0.1, 0.15) is 0 Å². The van der Waals surface area contributed by atoms with Crippen molar-refractivity contribution in [1.29, 1.82) is 0 Å². The lowest BCUT2D eigenvalue weighted by Gasteiger charge is -2.36. The smallest absolute Gasteiger partial charge is 0.0771 e. The van der Waals surface area contributed by atoms with Crippen molar-refractivity contribution in [3.63, 3.8) is 0 Å². The zero-order valence-corrected chi connectivity index (χ0v) is 8.62. The maximum atomic E-state index is 9.70. The lowest BCUT2D eigenvalue weighted by atomic mass is 9.80. The van der Waals surface area contributed by atoms with Crippen LogP contribution in [0.3, 0.4) is 0 Å². The van der Waals surface area contributed by atoms with Gasteiger partial charge in [0.2, 0.25) is 0 Å². The van der Waals surface area contributed by atoms with Gasteiger partial charge in [0, 0.05) is 18.8 Å². The van der Waals surface area contributed by atoms with Crippen molar-refractivity contribution in [3.8, 4) is 0 Å². The van der Waals surface area contributed by atoms with Gasteiger partial charge < -0.3 is 10.4 Å². The molecular weight excluding hydrogens is 170 g/mol. The summed E-state index contributed by atoms with van der Waals surface area (Å²) in [7, 11) is 0. The summed E-state index contributed by atoms with van der Waals surface area (Å²) in [6, 6.07) is 0. The zero-order valence-electron chi connectivity index (χ0n) is 7.81. The second kappa shape index (κ2) is 5.10. The highest BCUT2D eigenvalue weighted by Gasteiger charge is 2.33. The Hall–Kier alpha value is 0.270. The second-order valence-corrected chi connectivity index (χ2v) is 4.85. The molecule has 12 heavy (non-hydrogen) atoms. The van der Waals surface area contributed by atoms with Crippen LogP contribution in [0.5, 0.6) is 0 Å². The molecule has 0 heterocycles. The van der Waals surface area contributed by atoms with Gasteiger partial charge in [0.05, 0.1) is 5.60 Å². The molecule has 0 aromatic heterocycles. The summed E-state index contributed by atoms with van der Waals surface area (Å²) in [6.07, 6.45) is 3.17. The number of hydrogen-bond donors (Lipinski definition) is 2. The van der Waals surface area contributed by atoms with Crippen molar-refractivity contribution in [2.24, 2.45) is 0 Å². The molecule has 0 spiro atoms. The fourth-order valence-electron chi connectivity index (χ4n) is 1.37. The van der Waals surface area contributed by atoms with Gasteiger partial charge in [-0.15, -0.1) is 0 Å². The predicted octanol–water partition coefficient (Wildman–Crippen LogP) is 1.24. The van der Waals surface area contributed by atoms with Crippen LogP contribution in [-0.4, -0.2) is 35.3 Å². The number of nitrogens with one attached hydrogen (secondary N) is 1. The molecule has 2 N–H and O–H groups in total. The van der Waals surface area contributed by atoms with Crippen molar-refractivity contribution in [2.45, 2.75) is 31.8 Å². The molecule has 2 nitrogen and oxygen atoms in total. The van der Waals surface area contributed by atoms with E-state index < -0.39 is 0 Å². The van der Waals surface area contributed by atoms with Gasteiger partial charge in [0.25, 0.3) is 0 Å². The first-order valence-electron chi connectivity index (χ1n) is 4.78. The van der Waals surface area contributed by atoms with Crippen molar-refractivity contribution in [2.75, 3.05) is 24.6 Å². The van der Waals surface area contributed by atoms with E-state index in [4.69, 9.17) is 0 Å². The van der Waals surface area contributed by atoms with E-state index in [9.17, 15) is 5.11 Å². The van der Waals surface area contributed by atoms with Gasteiger partial charge in [-0.2, -0.15) is 11.8 Å². The van der Waals surface area contributed by atoms with Crippen LogP contribution < -0.4 is 5.32 Å². The van der Waals surface area contributed by atoms with E-state index in [-0.39, 0.29) is 5.60 Å². The first-order valence-corrected chi connectivity index (χ1v) is 5.93. The number of rotatable bonds is 6. The molecule has 0 amide bonds.